The van der Waals surface area contributed by atoms with Gasteiger partial charge in [0.05, 0.1) is 0 Å². The minimum atomic E-state index is 0.375. The van der Waals surface area contributed by atoms with Crippen LogP contribution in [0.1, 0.15) is 26.7 Å². The van der Waals surface area contributed by atoms with E-state index in [1.807, 2.05) is 0 Å². The van der Waals surface area contributed by atoms with E-state index < -0.39 is 0 Å². The third-order valence-electron chi connectivity index (χ3n) is 3.81. The van der Waals surface area contributed by atoms with Crippen LogP contribution >= 0.6 is 11.8 Å². The van der Waals surface area contributed by atoms with Crippen molar-refractivity contribution in [2.45, 2.75) is 38.3 Å². The molecule has 1 aliphatic heterocycles. The second kappa shape index (κ2) is 4.03. The Balaban J connectivity index is 2.03. The summed E-state index contributed by atoms with van der Waals surface area (Å²) >= 11 is 2.09. The maximum absolute atomic E-state index is 5.98. The van der Waals surface area contributed by atoms with Crippen molar-refractivity contribution >= 4 is 11.8 Å². The number of hydrogen-bond acceptors (Lipinski definition) is 3. The molecule has 0 aromatic carbocycles. The monoisotopic (exact) mass is 214 g/mol. The summed E-state index contributed by atoms with van der Waals surface area (Å²) < 4.78 is 0. The van der Waals surface area contributed by atoms with Gasteiger partial charge < -0.3 is 5.73 Å². The van der Waals surface area contributed by atoms with Gasteiger partial charge in [0, 0.05) is 36.2 Å². The van der Waals surface area contributed by atoms with Crippen molar-refractivity contribution in [3.63, 3.8) is 0 Å². The van der Waals surface area contributed by atoms with E-state index in [1.54, 1.807) is 0 Å². The highest BCUT2D eigenvalue weighted by molar-refractivity contribution is 7.99. The van der Waals surface area contributed by atoms with Crippen LogP contribution in [0, 0.1) is 5.92 Å². The Morgan fingerprint density at radius 3 is 2.64 bits per heavy atom. The van der Waals surface area contributed by atoms with E-state index in [2.05, 4.69) is 30.5 Å². The van der Waals surface area contributed by atoms with Gasteiger partial charge in [0.15, 0.2) is 0 Å². The summed E-state index contributed by atoms with van der Waals surface area (Å²) in [5, 5.41) is 0. The van der Waals surface area contributed by atoms with Gasteiger partial charge in [0.2, 0.25) is 0 Å². The molecule has 2 N–H and O–H groups in total. The molecule has 2 nitrogen and oxygen atoms in total. The lowest BCUT2D eigenvalue weighted by atomic mass is 9.67. The van der Waals surface area contributed by atoms with Crippen LogP contribution in [0.25, 0.3) is 0 Å². The van der Waals surface area contributed by atoms with Crippen molar-refractivity contribution in [3.8, 4) is 0 Å². The van der Waals surface area contributed by atoms with Gasteiger partial charge in [-0.05, 0) is 25.7 Å². The molecule has 1 saturated heterocycles. The average molecular weight is 214 g/mol. The quantitative estimate of drug-likeness (QED) is 0.756. The van der Waals surface area contributed by atoms with Crippen LogP contribution < -0.4 is 5.73 Å². The predicted molar refractivity (Wildman–Crippen MR) is 63.7 cm³/mol. The molecule has 0 radical (unpaired) electrons. The van der Waals surface area contributed by atoms with E-state index in [9.17, 15) is 0 Å². The fourth-order valence-electron chi connectivity index (χ4n) is 3.19. The molecule has 2 fully saturated rings. The molecule has 0 aromatic rings. The van der Waals surface area contributed by atoms with Crippen molar-refractivity contribution in [1.29, 1.82) is 0 Å². The second-order valence-corrected chi connectivity index (χ2v) is 6.21. The molecular weight excluding hydrogens is 192 g/mol. The molecule has 1 aliphatic carbocycles. The highest BCUT2D eigenvalue weighted by Gasteiger charge is 2.47. The first-order chi connectivity index (χ1) is 6.68. The fourth-order valence-corrected chi connectivity index (χ4v) is 4.20. The van der Waals surface area contributed by atoms with Gasteiger partial charge in [-0.2, -0.15) is 11.8 Å². The first-order valence-corrected chi connectivity index (χ1v) is 6.88. The normalized spacial score (nSPS) is 44.8. The molecule has 14 heavy (non-hydrogen) atoms. The van der Waals surface area contributed by atoms with Crippen LogP contribution in [-0.2, 0) is 0 Å². The molecule has 1 saturated carbocycles. The van der Waals surface area contributed by atoms with Crippen LogP contribution in [0.4, 0.5) is 0 Å². The van der Waals surface area contributed by atoms with Crippen molar-refractivity contribution in [3.05, 3.63) is 0 Å². The van der Waals surface area contributed by atoms with Gasteiger partial charge >= 0.3 is 0 Å². The van der Waals surface area contributed by atoms with E-state index in [4.69, 9.17) is 5.73 Å². The lowest BCUT2D eigenvalue weighted by Gasteiger charge is -2.56. The summed E-state index contributed by atoms with van der Waals surface area (Å²) in [7, 11) is 0. The number of thioether (sulfide) groups is 1. The van der Waals surface area contributed by atoms with Crippen LogP contribution in [0.3, 0.4) is 0 Å². The average Bonchev–Trinajstić information content (AvgIpc) is 2.14. The molecule has 1 heterocycles. The van der Waals surface area contributed by atoms with E-state index in [1.165, 1.54) is 30.9 Å². The van der Waals surface area contributed by atoms with Gasteiger partial charge in [-0.3, -0.25) is 4.90 Å². The maximum Gasteiger partial charge on any atom is 0.0340 e. The summed E-state index contributed by atoms with van der Waals surface area (Å²) in [6, 6.07) is 0.727. The number of nitrogens with zero attached hydrogens (tertiary/aromatic N) is 1. The highest BCUT2D eigenvalue weighted by atomic mass is 32.2. The second-order valence-electron chi connectivity index (χ2n) is 5.06. The lowest BCUT2D eigenvalue weighted by molar-refractivity contribution is -0.0292. The van der Waals surface area contributed by atoms with Crippen LogP contribution in [0.2, 0.25) is 0 Å². The zero-order chi connectivity index (χ0) is 10.2. The summed E-state index contributed by atoms with van der Waals surface area (Å²) in [4.78, 5) is 2.68. The lowest BCUT2D eigenvalue weighted by Crippen LogP contribution is -2.65. The summed E-state index contributed by atoms with van der Waals surface area (Å²) in [6.07, 6.45) is 2.64. The number of rotatable bonds is 2. The molecule has 0 aromatic heterocycles. The fraction of sp³-hybridized carbons (Fsp3) is 1.00. The molecule has 0 amide bonds. The highest BCUT2D eigenvalue weighted by Crippen LogP contribution is 2.43. The molecule has 2 aliphatic rings. The van der Waals surface area contributed by atoms with Crippen molar-refractivity contribution in [2.24, 2.45) is 11.7 Å². The van der Waals surface area contributed by atoms with Crippen molar-refractivity contribution < 1.29 is 0 Å². The summed E-state index contributed by atoms with van der Waals surface area (Å²) in [5.41, 5.74) is 6.35. The van der Waals surface area contributed by atoms with E-state index in [0.29, 0.717) is 5.54 Å². The molecule has 1 unspecified atom stereocenters. The van der Waals surface area contributed by atoms with Gasteiger partial charge in [-0.25, -0.2) is 0 Å². The zero-order valence-electron chi connectivity index (χ0n) is 9.33. The Morgan fingerprint density at radius 2 is 2.14 bits per heavy atom. The van der Waals surface area contributed by atoms with Crippen molar-refractivity contribution in [1.82, 2.24) is 4.90 Å². The molecule has 1 atom stereocenters. The number of hydrogen-bond donors (Lipinski definition) is 1. The molecule has 82 valence electrons. The maximum atomic E-state index is 5.98. The Kier molecular flexibility index (Phi) is 3.10. The Labute approximate surface area is 91.6 Å². The molecule has 0 bridgehead atoms. The summed E-state index contributed by atoms with van der Waals surface area (Å²) in [5.74, 6) is 3.47. The molecule has 2 rings (SSSR count). The van der Waals surface area contributed by atoms with Gasteiger partial charge in [0.25, 0.3) is 0 Å². The number of nitrogens with two attached hydrogens (primary N) is 1. The van der Waals surface area contributed by atoms with E-state index in [-0.39, 0.29) is 0 Å². The molecule has 0 spiro atoms. The van der Waals surface area contributed by atoms with Gasteiger partial charge in [0.1, 0.15) is 0 Å². The van der Waals surface area contributed by atoms with E-state index >= 15 is 0 Å². The minimum Gasteiger partial charge on any atom is -0.329 e. The third-order valence-corrected chi connectivity index (χ3v) is 5.00. The molecule has 3 heteroatoms. The zero-order valence-corrected chi connectivity index (χ0v) is 10.1. The Hall–Kier alpha value is 0.270. The standard InChI is InChI=1S/C11H22N2S/c1-9-5-11(6-9,8-12)13-3-4-14-7-10(13)2/h9-10H,3-8,12H2,1-2H3. The first-order valence-electron chi connectivity index (χ1n) is 5.72. The Morgan fingerprint density at radius 1 is 1.43 bits per heavy atom. The first kappa shape index (κ1) is 10.8. The third kappa shape index (κ3) is 1.70. The minimum absolute atomic E-state index is 0.375. The van der Waals surface area contributed by atoms with Gasteiger partial charge in [-0.1, -0.05) is 6.92 Å². The topological polar surface area (TPSA) is 29.3 Å². The van der Waals surface area contributed by atoms with Crippen molar-refractivity contribution in [2.75, 3.05) is 24.6 Å². The largest absolute Gasteiger partial charge is 0.329 e. The van der Waals surface area contributed by atoms with Gasteiger partial charge in [-0.15, -0.1) is 0 Å². The molecular formula is C11H22N2S. The van der Waals surface area contributed by atoms with Crippen LogP contribution in [0.5, 0.6) is 0 Å². The SMILES string of the molecule is CC1CC(CN)(N2CCSCC2C)C1. The summed E-state index contributed by atoms with van der Waals surface area (Å²) in [6.45, 7) is 6.80. The van der Waals surface area contributed by atoms with E-state index in [0.717, 1.165) is 18.5 Å². The van der Waals surface area contributed by atoms with Crippen LogP contribution in [0.15, 0.2) is 0 Å². The van der Waals surface area contributed by atoms with Crippen LogP contribution in [-0.4, -0.2) is 41.1 Å². The Bertz CT molecular complexity index is 201. The smallest absolute Gasteiger partial charge is 0.0340 e. The predicted octanol–water partition coefficient (Wildman–Crippen LogP) is 1.55.